The van der Waals surface area contributed by atoms with Gasteiger partial charge in [0.25, 0.3) is 6.43 Å². The van der Waals surface area contributed by atoms with Gasteiger partial charge in [0.05, 0.1) is 6.42 Å². The van der Waals surface area contributed by atoms with E-state index in [1.54, 1.807) is 12.1 Å². The van der Waals surface area contributed by atoms with Crippen LogP contribution in [0.4, 0.5) is 13.2 Å². The van der Waals surface area contributed by atoms with Crippen LogP contribution in [0.15, 0.2) is 30.3 Å². The molecule has 0 saturated heterocycles. The maximum Gasteiger partial charge on any atom is 0.264 e. The van der Waals surface area contributed by atoms with Crippen molar-refractivity contribution in [2.24, 2.45) is 0 Å². The van der Waals surface area contributed by atoms with Crippen LogP contribution in [0.25, 0.3) is 0 Å². The highest BCUT2D eigenvalue weighted by molar-refractivity contribution is 5.78. The van der Waals surface area contributed by atoms with Gasteiger partial charge in [-0.1, -0.05) is 25.1 Å². The average Bonchev–Trinajstić information content (AvgIpc) is 2.62. The monoisotopic (exact) mass is 365 g/mol. The molecular weight excluding hydrogens is 343 g/mol. The van der Waals surface area contributed by atoms with Crippen molar-refractivity contribution >= 4 is 5.91 Å². The van der Waals surface area contributed by atoms with Crippen molar-refractivity contribution < 1.29 is 22.7 Å². The van der Waals surface area contributed by atoms with Gasteiger partial charge in [0, 0.05) is 18.2 Å². The van der Waals surface area contributed by atoms with Gasteiger partial charge in [-0.3, -0.25) is 4.79 Å². The third-order valence-corrected chi connectivity index (χ3v) is 4.32. The molecule has 0 bridgehead atoms. The van der Waals surface area contributed by atoms with E-state index in [1.165, 1.54) is 25.2 Å². The van der Waals surface area contributed by atoms with Gasteiger partial charge in [-0.15, -0.1) is 0 Å². The highest BCUT2D eigenvalue weighted by Gasteiger charge is 2.19. The number of aryl methyl sites for hydroxylation is 2. The second-order valence-corrected chi connectivity index (χ2v) is 5.99. The standard InChI is InChI=1S/C20H22F3NO2/c1-4-13-9-17(21)18(8-12(13)2)26-11-16-14(10-19(25)24-3)6-5-7-15(16)20(22)23/h5-9,20H,4,10-11H2,1-3H3,(H,24,25). The number of carbonyl (C=O) groups excluding carboxylic acids is 1. The molecule has 0 spiro atoms. The lowest BCUT2D eigenvalue weighted by molar-refractivity contribution is -0.119. The molecule has 1 amide bonds. The van der Waals surface area contributed by atoms with Gasteiger partial charge in [0.1, 0.15) is 6.61 Å². The molecule has 0 unspecified atom stereocenters. The van der Waals surface area contributed by atoms with Gasteiger partial charge >= 0.3 is 0 Å². The van der Waals surface area contributed by atoms with Gasteiger partial charge in [0.15, 0.2) is 11.6 Å². The molecule has 6 heteroatoms. The number of carbonyl (C=O) groups is 1. The molecule has 2 aromatic rings. The minimum absolute atomic E-state index is 0.00895. The van der Waals surface area contributed by atoms with E-state index in [-0.39, 0.29) is 35.8 Å². The Morgan fingerprint density at radius 1 is 1.23 bits per heavy atom. The summed E-state index contributed by atoms with van der Waals surface area (Å²) in [6.45, 7) is 3.52. The lowest BCUT2D eigenvalue weighted by atomic mass is 9.99. The molecular formula is C20H22F3NO2. The number of ether oxygens (including phenoxy) is 1. The van der Waals surface area contributed by atoms with Crippen molar-refractivity contribution in [1.82, 2.24) is 5.32 Å². The smallest absolute Gasteiger partial charge is 0.264 e. The lowest BCUT2D eigenvalue weighted by Gasteiger charge is -2.16. The molecule has 0 atom stereocenters. The topological polar surface area (TPSA) is 38.3 Å². The molecule has 1 N–H and O–H groups in total. The van der Waals surface area contributed by atoms with Crippen molar-refractivity contribution in [2.75, 3.05) is 7.05 Å². The number of benzene rings is 2. The van der Waals surface area contributed by atoms with Gasteiger partial charge in [-0.25, -0.2) is 13.2 Å². The van der Waals surface area contributed by atoms with Gasteiger partial charge < -0.3 is 10.1 Å². The number of halogens is 3. The number of hydrogen-bond acceptors (Lipinski definition) is 2. The van der Waals surface area contributed by atoms with Crippen LogP contribution in [0.2, 0.25) is 0 Å². The van der Waals surface area contributed by atoms with Crippen LogP contribution < -0.4 is 10.1 Å². The minimum Gasteiger partial charge on any atom is -0.486 e. The van der Waals surface area contributed by atoms with E-state index in [4.69, 9.17) is 4.74 Å². The molecule has 0 heterocycles. The zero-order chi connectivity index (χ0) is 19.3. The first kappa shape index (κ1) is 19.8. The van der Waals surface area contributed by atoms with E-state index in [2.05, 4.69) is 5.32 Å². The fourth-order valence-corrected chi connectivity index (χ4v) is 2.80. The predicted molar refractivity (Wildman–Crippen MR) is 94.0 cm³/mol. The first-order chi connectivity index (χ1) is 12.4. The summed E-state index contributed by atoms with van der Waals surface area (Å²) in [5, 5.41) is 2.47. The molecule has 0 fully saturated rings. The SMILES string of the molecule is CCc1cc(F)c(OCc2c(CC(=O)NC)cccc2C(F)F)cc1C. The van der Waals surface area contributed by atoms with Crippen LogP contribution in [0.3, 0.4) is 0 Å². The van der Waals surface area contributed by atoms with Crippen LogP contribution in [0, 0.1) is 12.7 Å². The summed E-state index contributed by atoms with van der Waals surface area (Å²) in [5.74, 6) is -0.823. The Kier molecular flexibility index (Phi) is 6.66. The second-order valence-electron chi connectivity index (χ2n) is 5.99. The van der Waals surface area contributed by atoms with Crippen LogP contribution in [-0.2, 0) is 24.2 Å². The molecule has 3 nitrogen and oxygen atoms in total. The Morgan fingerprint density at radius 3 is 2.58 bits per heavy atom. The predicted octanol–water partition coefficient (Wildman–Crippen LogP) is 4.50. The average molecular weight is 365 g/mol. The van der Waals surface area contributed by atoms with Gasteiger partial charge in [-0.2, -0.15) is 0 Å². The largest absolute Gasteiger partial charge is 0.486 e. The van der Waals surface area contributed by atoms with E-state index < -0.39 is 12.2 Å². The third kappa shape index (κ3) is 4.56. The summed E-state index contributed by atoms with van der Waals surface area (Å²) in [4.78, 5) is 11.7. The summed E-state index contributed by atoms with van der Waals surface area (Å²) in [6, 6.07) is 7.33. The van der Waals surface area contributed by atoms with Crippen LogP contribution >= 0.6 is 0 Å². The minimum atomic E-state index is -2.72. The molecule has 0 radical (unpaired) electrons. The molecule has 0 aliphatic heterocycles. The summed E-state index contributed by atoms with van der Waals surface area (Å²) >= 11 is 0. The first-order valence-electron chi connectivity index (χ1n) is 8.38. The van der Waals surface area contributed by atoms with Crippen molar-refractivity contribution in [2.45, 2.75) is 39.7 Å². The Morgan fingerprint density at radius 2 is 1.96 bits per heavy atom. The van der Waals surface area contributed by atoms with Crippen molar-refractivity contribution in [3.05, 3.63) is 64.0 Å². The first-order valence-corrected chi connectivity index (χ1v) is 8.38. The number of alkyl halides is 2. The number of nitrogens with one attached hydrogen (secondary N) is 1. The van der Waals surface area contributed by atoms with Crippen molar-refractivity contribution in [1.29, 1.82) is 0 Å². The maximum absolute atomic E-state index is 14.2. The third-order valence-electron chi connectivity index (χ3n) is 4.32. The van der Waals surface area contributed by atoms with Crippen molar-refractivity contribution in [3.63, 3.8) is 0 Å². The molecule has 26 heavy (non-hydrogen) atoms. The molecule has 0 aromatic heterocycles. The summed E-state index contributed by atoms with van der Waals surface area (Å²) in [5.41, 5.74) is 2.17. The molecule has 140 valence electrons. The Hall–Kier alpha value is -2.50. The van der Waals surface area contributed by atoms with E-state index in [0.29, 0.717) is 12.0 Å². The quantitative estimate of drug-likeness (QED) is 0.784. The lowest BCUT2D eigenvalue weighted by Crippen LogP contribution is -2.21. The van der Waals surface area contributed by atoms with E-state index in [0.717, 1.165) is 11.1 Å². The summed E-state index contributed by atoms with van der Waals surface area (Å²) < 4.78 is 46.4. The van der Waals surface area contributed by atoms with Crippen LogP contribution in [0.1, 0.15) is 41.2 Å². The fraction of sp³-hybridized carbons (Fsp3) is 0.350. The molecule has 0 aliphatic carbocycles. The molecule has 0 aliphatic rings. The molecule has 2 aromatic carbocycles. The van der Waals surface area contributed by atoms with E-state index in [9.17, 15) is 18.0 Å². The normalized spacial score (nSPS) is 10.9. The number of amides is 1. The highest BCUT2D eigenvalue weighted by Crippen LogP contribution is 2.29. The maximum atomic E-state index is 14.2. The number of rotatable bonds is 7. The van der Waals surface area contributed by atoms with Gasteiger partial charge in [0.2, 0.25) is 5.91 Å². The number of hydrogen-bond donors (Lipinski definition) is 1. The highest BCUT2D eigenvalue weighted by atomic mass is 19.3. The summed E-state index contributed by atoms with van der Waals surface area (Å²) in [7, 11) is 1.48. The van der Waals surface area contributed by atoms with Crippen LogP contribution in [0.5, 0.6) is 5.75 Å². The summed E-state index contributed by atoms with van der Waals surface area (Å²) in [6.07, 6.45) is -2.08. The number of likely N-dealkylation sites (N-methyl/N-ethyl adjacent to an activating group) is 1. The van der Waals surface area contributed by atoms with E-state index in [1.807, 2.05) is 13.8 Å². The van der Waals surface area contributed by atoms with Gasteiger partial charge in [-0.05, 0) is 42.2 Å². The molecule has 2 rings (SSSR count). The zero-order valence-corrected chi connectivity index (χ0v) is 15.0. The Labute approximate surface area is 151 Å². The Balaban J connectivity index is 2.33. The van der Waals surface area contributed by atoms with E-state index >= 15 is 0 Å². The van der Waals surface area contributed by atoms with Crippen LogP contribution in [-0.4, -0.2) is 13.0 Å². The zero-order valence-electron chi connectivity index (χ0n) is 15.0. The Bertz CT molecular complexity index is 791. The van der Waals surface area contributed by atoms with Crippen molar-refractivity contribution in [3.8, 4) is 5.75 Å². The second kappa shape index (κ2) is 8.74. The fourth-order valence-electron chi connectivity index (χ4n) is 2.80. The molecule has 0 saturated carbocycles.